The zero-order valence-corrected chi connectivity index (χ0v) is 14.0. The van der Waals surface area contributed by atoms with E-state index in [4.69, 9.17) is 4.74 Å². The number of thiazole rings is 1. The van der Waals surface area contributed by atoms with E-state index >= 15 is 0 Å². The van der Waals surface area contributed by atoms with Crippen LogP contribution in [0.4, 0.5) is 0 Å². The molecule has 0 unspecified atom stereocenters. The summed E-state index contributed by atoms with van der Waals surface area (Å²) >= 11 is 3.25. The van der Waals surface area contributed by atoms with Crippen LogP contribution < -0.4 is 5.32 Å². The highest BCUT2D eigenvalue weighted by Gasteiger charge is 2.15. The minimum absolute atomic E-state index is 0.0490. The molecule has 114 valence electrons. The molecule has 2 heterocycles. The van der Waals surface area contributed by atoms with E-state index < -0.39 is 0 Å². The zero-order chi connectivity index (χ0) is 15.1. The molecule has 0 saturated heterocycles. The van der Waals surface area contributed by atoms with Crippen molar-refractivity contribution in [2.45, 2.75) is 26.7 Å². The number of hydrogen-bond acceptors (Lipinski definition) is 5. The predicted octanol–water partition coefficient (Wildman–Crippen LogP) is 3.27. The van der Waals surface area contributed by atoms with Crippen LogP contribution in [0.25, 0.3) is 10.6 Å². The van der Waals surface area contributed by atoms with Gasteiger partial charge in [0.05, 0.1) is 22.0 Å². The van der Waals surface area contributed by atoms with Crippen molar-refractivity contribution in [1.82, 2.24) is 10.3 Å². The lowest BCUT2D eigenvalue weighted by atomic mass is 10.2. The summed E-state index contributed by atoms with van der Waals surface area (Å²) in [7, 11) is 0. The lowest BCUT2D eigenvalue weighted by molar-refractivity contribution is -0.120. The average Bonchev–Trinajstić information content (AvgIpc) is 3.08. The number of aromatic nitrogens is 1. The van der Waals surface area contributed by atoms with Crippen molar-refractivity contribution in [3.8, 4) is 10.6 Å². The summed E-state index contributed by atoms with van der Waals surface area (Å²) in [6.07, 6.45) is 1.24. The molecule has 2 aromatic rings. The summed E-state index contributed by atoms with van der Waals surface area (Å²) in [6, 6.07) is 4.05. The van der Waals surface area contributed by atoms with Gasteiger partial charge in [0.2, 0.25) is 5.91 Å². The third-order valence-corrected chi connectivity index (χ3v) is 4.72. The molecule has 0 aromatic carbocycles. The first-order valence-electron chi connectivity index (χ1n) is 7.05. The Morgan fingerprint density at radius 1 is 1.48 bits per heavy atom. The Balaban J connectivity index is 1.89. The van der Waals surface area contributed by atoms with Crippen molar-refractivity contribution in [2.24, 2.45) is 0 Å². The molecule has 2 rings (SSSR count). The topological polar surface area (TPSA) is 51.2 Å². The van der Waals surface area contributed by atoms with Crippen molar-refractivity contribution in [1.29, 1.82) is 0 Å². The van der Waals surface area contributed by atoms with Crippen LogP contribution in [0.2, 0.25) is 0 Å². The van der Waals surface area contributed by atoms with Crippen LogP contribution in [0, 0.1) is 6.92 Å². The summed E-state index contributed by atoms with van der Waals surface area (Å²) in [5.41, 5.74) is 0.956. The van der Waals surface area contributed by atoms with E-state index in [1.807, 2.05) is 31.4 Å². The molecule has 1 amide bonds. The average molecular weight is 324 g/mol. The minimum atomic E-state index is 0.0490. The van der Waals surface area contributed by atoms with Crippen LogP contribution >= 0.6 is 22.7 Å². The molecule has 0 aliphatic rings. The summed E-state index contributed by atoms with van der Waals surface area (Å²) < 4.78 is 5.25. The van der Waals surface area contributed by atoms with Gasteiger partial charge in [-0.3, -0.25) is 4.79 Å². The van der Waals surface area contributed by atoms with Gasteiger partial charge < -0.3 is 10.1 Å². The maximum atomic E-state index is 12.0. The van der Waals surface area contributed by atoms with Crippen LogP contribution in [0.15, 0.2) is 17.5 Å². The van der Waals surface area contributed by atoms with E-state index in [-0.39, 0.29) is 5.91 Å². The monoisotopic (exact) mass is 324 g/mol. The molecule has 21 heavy (non-hydrogen) atoms. The van der Waals surface area contributed by atoms with Crippen molar-refractivity contribution < 1.29 is 9.53 Å². The lowest BCUT2D eigenvalue weighted by Gasteiger charge is -2.05. The molecule has 4 nitrogen and oxygen atoms in total. The summed E-state index contributed by atoms with van der Waals surface area (Å²) in [4.78, 5) is 18.7. The Labute approximate surface area is 133 Å². The minimum Gasteiger partial charge on any atom is -0.382 e. The molecule has 1 N–H and O–H groups in total. The molecule has 0 fully saturated rings. The number of aryl methyl sites for hydroxylation is 1. The second kappa shape index (κ2) is 8.26. The van der Waals surface area contributed by atoms with E-state index in [1.165, 1.54) is 0 Å². The zero-order valence-electron chi connectivity index (χ0n) is 12.3. The molecule has 0 radical (unpaired) electrons. The first-order valence-corrected chi connectivity index (χ1v) is 8.75. The van der Waals surface area contributed by atoms with Gasteiger partial charge in [-0.05, 0) is 31.7 Å². The Morgan fingerprint density at radius 3 is 3.05 bits per heavy atom. The Kier molecular flexibility index (Phi) is 6.35. The van der Waals surface area contributed by atoms with E-state index in [1.54, 1.807) is 22.7 Å². The Hall–Kier alpha value is -1.24. The number of nitrogens with zero attached hydrogens (tertiary/aromatic N) is 1. The number of carbonyl (C=O) groups is 1. The fourth-order valence-electron chi connectivity index (χ4n) is 1.95. The predicted molar refractivity (Wildman–Crippen MR) is 88.0 cm³/mol. The largest absolute Gasteiger partial charge is 0.382 e. The molecular formula is C15H20N2O2S2. The second-order valence-electron chi connectivity index (χ2n) is 4.56. The smallest absolute Gasteiger partial charge is 0.225 e. The van der Waals surface area contributed by atoms with Gasteiger partial charge in [-0.25, -0.2) is 4.98 Å². The number of ether oxygens (including phenoxy) is 1. The third kappa shape index (κ3) is 4.91. The summed E-state index contributed by atoms with van der Waals surface area (Å²) in [5, 5.41) is 5.96. The van der Waals surface area contributed by atoms with Gasteiger partial charge >= 0.3 is 0 Å². The fourth-order valence-corrected chi connectivity index (χ4v) is 3.70. The fraction of sp³-hybridized carbons (Fsp3) is 0.467. The highest BCUT2D eigenvalue weighted by atomic mass is 32.1. The molecule has 0 aliphatic carbocycles. The molecule has 2 aromatic heterocycles. The maximum Gasteiger partial charge on any atom is 0.225 e. The van der Waals surface area contributed by atoms with Crippen molar-refractivity contribution in [2.75, 3.05) is 19.8 Å². The third-order valence-electron chi connectivity index (χ3n) is 2.87. The second-order valence-corrected chi connectivity index (χ2v) is 6.79. The maximum absolute atomic E-state index is 12.0. The van der Waals surface area contributed by atoms with Crippen LogP contribution in [-0.4, -0.2) is 30.6 Å². The van der Waals surface area contributed by atoms with Crippen molar-refractivity contribution in [3.05, 3.63) is 27.4 Å². The van der Waals surface area contributed by atoms with Gasteiger partial charge in [0.1, 0.15) is 0 Å². The Bertz CT molecular complexity index is 564. The molecule has 6 heteroatoms. The van der Waals surface area contributed by atoms with Gasteiger partial charge in [-0.15, -0.1) is 22.7 Å². The molecule has 0 spiro atoms. The van der Waals surface area contributed by atoms with E-state index in [9.17, 15) is 4.79 Å². The van der Waals surface area contributed by atoms with Crippen LogP contribution in [0.1, 0.15) is 23.2 Å². The molecule has 0 aliphatic heterocycles. The van der Waals surface area contributed by atoms with Crippen molar-refractivity contribution in [3.63, 3.8) is 0 Å². The number of hydrogen-bond donors (Lipinski definition) is 1. The molecular weight excluding hydrogens is 304 g/mol. The lowest BCUT2D eigenvalue weighted by Crippen LogP contribution is -2.26. The molecule has 0 saturated carbocycles. The highest BCUT2D eigenvalue weighted by Crippen LogP contribution is 2.31. The van der Waals surface area contributed by atoms with Gasteiger partial charge in [-0.1, -0.05) is 6.07 Å². The number of amides is 1. The van der Waals surface area contributed by atoms with E-state index in [0.717, 1.165) is 33.5 Å². The summed E-state index contributed by atoms with van der Waals surface area (Å²) in [6.45, 7) is 6.02. The SMILES string of the molecule is CCOCCCNC(=O)Cc1sc(C)nc1-c1cccs1. The highest BCUT2D eigenvalue weighted by molar-refractivity contribution is 7.15. The first-order chi connectivity index (χ1) is 10.2. The quantitative estimate of drug-likeness (QED) is 0.758. The van der Waals surface area contributed by atoms with Crippen LogP contribution in [-0.2, 0) is 16.0 Å². The number of nitrogens with one attached hydrogen (secondary N) is 1. The molecule has 0 atom stereocenters. The van der Waals surface area contributed by atoms with Gasteiger partial charge in [0.25, 0.3) is 0 Å². The van der Waals surface area contributed by atoms with Gasteiger partial charge in [0.15, 0.2) is 0 Å². The Morgan fingerprint density at radius 2 is 2.33 bits per heavy atom. The molecule has 0 bridgehead atoms. The first kappa shape index (κ1) is 16.1. The number of carbonyl (C=O) groups excluding carboxylic acids is 1. The van der Waals surface area contributed by atoms with Gasteiger partial charge in [0, 0.05) is 24.6 Å². The van der Waals surface area contributed by atoms with Crippen LogP contribution in [0.5, 0.6) is 0 Å². The van der Waals surface area contributed by atoms with E-state index in [2.05, 4.69) is 10.3 Å². The van der Waals surface area contributed by atoms with Crippen LogP contribution in [0.3, 0.4) is 0 Å². The standard InChI is InChI=1S/C15H20N2O2S2/c1-3-19-8-5-7-16-14(18)10-13-15(17-11(2)21-13)12-6-4-9-20-12/h4,6,9H,3,5,7-8,10H2,1-2H3,(H,16,18). The van der Waals surface area contributed by atoms with E-state index in [0.29, 0.717) is 19.6 Å². The number of thiophene rings is 1. The normalized spacial score (nSPS) is 10.8. The summed E-state index contributed by atoms with van der Waals surface area (Å²) in [5.74, 6) is 0.0490. The van der Waals surface area contributed by atoms with Crippen molar-refractivity contribution >= 4 is 28.6 Å². The van der Waals surface area contributed by atoms with Gasteiger partial charge in [-0.2, -0.15) is 0 Å². The number of rotatable bonds is 8.